The van der Waals surface area contributed by atoms with Gasteiger partial charge in [0, 0.05) is 31.3 Å². The number of nitrogens with zero attached hydrogens (tertiary/aromatic N) is 1. The molecule has 0 spiro atoms. The van der Waals surface area contributed by atoms with Gasteiger partial charge in [0.15, 0.2) is 0 Å². The second kappa shape index (κ2) is 7.72. The van der Waals surface area contributed by atoms with Crippen molar-refractivity contribution < 1.29 is 17.8 Å². The summed E-state index contributed by atoms with van der Waals surface area (Å²) in [6, 6.07) is 11.1. The van der Waals surface area contributed by atoms with Gasteiger partial charge in [0.1, 0.15) is 11.6 Å². The Labute approximate surface area is 165 Å². The molecule has 0 bridgehead atoms. The molecule has 2 fully saturated rings. The van der Waals surface area contributed by atoms with Gasteiger partial charge in [-0.2, -0.15) is 0 Å². The van der Waals surface area contributed by atoms with Crippen molar-refractivity contribution >= 4 is 16.9 Å². The van der Waals surface area contributed by atoms with Crippen molar-refractivity contribution in [2.45, 2.75) is 24.8 Å². The average molecular weight is 404 g/mol. The van der Waals surface area contributed by atoms with E-state index in [0.717, 1.165) is 12.0 Å². The van der Waals surface area contributed by atoms with Crippen LogP contribution in [0.1, 0.15) is 24.3 Å². The van der Waals surface area contributed by atoms with E-state index in [0.29, 0.717) is 25.1 Å². The lowest BCUT2D eigenvalue weighted by molar-refractivity contribution is -0.131. The van der Waals surface area contributed by atoms with Crippen LogP contribution in [0.25, 0.3) is 11.1 Å². The summed E-state index contributed by atoms with van der Waals surface area (Å²) in [5, 5.41) is 0. The van der Waals surface area contributed by atoms with Crippen LogP contribution < -0.4 is 4.72 Å². The van der Waals surface area contributed by atoms with Crippen LogP contribution in [-0.2, 0) is 15.8 Å². The smallest absolute Gasteiger partial charge is 0.226 e. The van der Waals surface area contributed by atoms with Crippen molar-refractivity contribution in [1.29, 1.82) is 0 Å². The minimum Gasteiger partial charge on any atom is -0.341 e. The second-order valence-electron chi connectivity index (χ2n) is 7.47. The third-order valence-electron chi connectivity index (χ3n) is 5.53. The highest BCUT2D eigenvalue weighted by molar-refractivity contribution is 7.82. The van der Waals surface area contributed by atoms with Crippen molar-refractivity contribution in [2.75, 3.05) is 19.3 Å². The lowest BCUT2D eigenvalue weighted by atomic mass is 9.95. The van der Waals surface area contributed by atoms with Crippen LogP contribution in [0, 0.1) is 17.6 Å². The molecule has 0 radical (unpaired) electrons. The quantitative estimate of drug-likeness (QED) is 0.832. The monoisotopic (exact) mass is 404 g/mol. The van der Waals surface area contributed by atoms with E-state index in [-0.39, 0.29) is 29.3 Å². The van der Waals surface area contributed by atoms with Crippen LogP contribution in [-0.4, -0.2) is 40.4 Å². The van der Waals surface area contributed by atoms with Gasteiger partial charge in [-0.1, -0.05) is 30.3 Å². The Morgan fingerprint density at radius 3 is 2.57 bits per heavy atom. The van der Waals surface area contributed by atoms with E-state index < -0.39 is 22.6 Å². The highest BCUT2D eigenvalue weighted by atomic mass is 32.2. The summed E-state index contributed by atoms with van der Waals surface area (Å²) in [6.07, 6.45) is 3.04. The van der Waals surface area contributed by atoms with Gasteiger partial charge in [-0.3, -0.25) is 4.79 Å². The number of amides is 1. The number of benzene rings is 2. The molecule has 1 saturated carbocycles. The van der Waals surface area contributed by atoms with Gasteiger partial charge in [-0.05, 0) is 42.0 Å². The number of hydrogen-bond donors (Lipinski definition) is 1. The Kier molecular flexibility index (Phi) is 5.29. The topological polar surface area (TPSA) is 49.4 Å². The summed E-state index contributed by atoms with van der Waals surface area (Å²) < 4.78 is 42.9. The van der Waals surface area contributed by atoms with E-state index in [1.165, 1.54) is 18.2 Å². The molecule has 1 heterocycles. The molecular weight excluding hydrogens is 382 g/mol. The molecule has 2 aromatic rings. The molecule has 1 saturated heterocycles. The molecule has 1 aliphatic carbocycles. The van der Waals surface area contributed by atoms with E-state index in [4.69, 9.17) is 0 Å². The van der Waals surface area contributed by atoms with Crippen molar-refractivity contribution in [1.82, 2.24) is 9.62 Å². The van der Waals surface area contributed by atoms with Crippen LogP contribution in [0.5, 0.6) is 0 Å². The predicted octanol–water partition coefficient (Wildman–Crippen LogP) is 3.22. The normalized spacial score (nSPS) is 25.0. The summed E-state index contributed by atoms with van der Waals surface area (Å²) in [6.45, 7) is 1.19. The fraction of sp³-hybridized carbons (Fsp3) is 0.381. The van der Waals surface area contributed by atoms with E-state index in [9.17, 15) is 17.8 Å². The molecule has 28 heavy (non-hydrogen) atoms. The zero-order valence-corrected chi connectivity index (χ0v) is 16.3. The Balaban J connectivity index is 1.52. The van der Waals surface area contributed by atoms with Gasteiger partial charge in [-0.15, -0.1) is 0 Å². The Morgan fingerprint density at radius 2 is 1.86 bits per heavy atom. The number of nitrogens with one attached hydrogen (secondary N) is 1. The van der Waals surface area contributed by atoms with Gasteiger partial charge < -0.3 is 4.90 Å². The summed E-state index contributed by atoms with van der Waals surface area (Å²) >= 11 is 0. The molecule has 1 amide bonds. The molecule has 2 aromatic carbocycles. The number of carbonyl (C=O) groups is 1. The molecule has 2 aliphatic rings. The van der Waals surface area contributed by atoms with Gasteiger partial charge in [0.25, 0.3) is 0 Å². The lowest BCUT2D eigenvalue weighted by Crippen LogP contribution is -2.36. The molecule has 4 nitrogen and oxygen atoms in total. The maximum absolute atomic E-state index is 14.3. The first-order valence-corrected chi connectivity index (χ1v) is 10.9. The van der Waals surface area contributed by atoms with Crippen molar-refractivity contribution in [3.63, 3.8) is 0 Å². The zero-order valence-electron chi connectivity index (χ0n) is 15.5. The largest absolute Gasteiger partial charge is 0.341 e. The number of halogens is 2. The van der Waals surface area contributed by atoms with Gasteiger partial charge in [0.05, 0.1) is 16.5 Å². The molecule has 4 rings (SSSR count). The van der Waals surface area contributed by atoms with Gasteiger partial charge in [-0.25, -0.2) is 17.7 Å². The Bertz CT molecular complexity index is 916. The van der Waals surface area contributed by atoms with Crippen LogP contribution in [0.3, 0.4) is 0 Å². The number of rotatable bonds is 5. The minimum atomic E-state index is -1.10. The second-order valence-corrected chi connectivity index (χ2v) is 8.62. The molecule has 0 aromatic heterocycles. The highest BCUT2D eigenvalue weighted by Gasteiger charge is 2.47. The number of carbonyl (C=O) groups excluding carboxylic acids is 1. The molecule has 1 aliphatic heterocycles. The molecule has 148 valence electrons. The minimum absolute atomic E-state index is 0.0324. The van der Waals surface area contributed by atoms with Crippen molar-refractivity contribution in [3.05, 3.63) is 59.7 Å². The number of likely N-dealkylation sites (tertiary alicyclic amines) is 1. The van der Waals surface area contributed by atoms with Crippen LogP contribution in [0.2, 0.25) is 0 Å². The van der Waals surface area contributed by atoms with E-state index in [1.54, 1.807) is 18.4 Å². The SMILES string of the molecule is CS(=O)NC1CCN(C(=O)C2CC2c2ccccc2-c2c(F)cccc2F)C1. The first-order valence-electron chi connectivity index (χ1n) is 9.37. The molecular formula is C21H22F2N2O2S. The third kappa shape index (κ3) is 3.73. The van der Waals surface area contributed by atoms with Gasteiger partial charge in [0.2, 0.25) is 5.91 Å². The maximum Gasteiger partial charge on any atom is 0.226 e. The summed E-state index contributed by atoms with van der Waals surface area (Å²) in [4.78, 5) is 14.7. The van der Waals surface area contributed by atoms with Gasteiger partial charge >= 0.3 is 0 Å². The Hall–Kier alpha value is -2.12. The summed E-state index contributed by atoms with van der Waals surface area (Å²) in [5.74, 6) is -1.33. The molecule has 7 heteroatoms. The highest BCUT2D eigenvalue weighted by Crippen LogP contribution is 2.51. The van der Waals surface area contributed by atoms with Crippen molar-refractivity contribution in [2.24, 2.45) is 5.92 Å². The Morgan fingerprint density at radius 1 is 1.14 bits per heavy atom. The fourth-order valence-electron chi connectivity index (χ4n) is 4.14. The summed E-state index contributed by atoms with van der Waals surface area (Å²) in [5.41, 5.74) is 1.29. The predicted molar refractivity (Wildman–Crippen MR) is 105 cm³/mol. The first kappa shape index (κ1) is 19.2. The van der Waals surface area contributed by atoms with E-state index in [2.05, 4.69) is 4.72 Å². The van der Waals surface area contributed by atoms with E-state index in [1.807, 2.05) is 17.0 Å². The first-order chi connectivity index (χ1) is 13.5. The van der Waals surface area contributed by atoms with Crippen molar-refractivity contribution in [3.8, 4) is 11.1 Å². The zero-order chi connectivity index (χ0) is 19.8. The van der Waals surface area contributed by atoms with Crippen LogP contribution in [0.15, 0.2) is 42.5 Å². The summed E-state index contributed by atoms with van der Waals surface area (Å²) in [7, 11) is -1.10. The molecule has 1 N–H and O–H groups in total. The fourth-order valence-corrected chi connectivity index (χ4v) is 4.80. The number of hydrogen-bond acceptors (Lipinski definition) is 2. The van der Waals surface area contributed by atoms with Crippen LogP contribution in [0.4, 0.5) is 8.78 Å². The van der Waals surface area contributed by atoms with E-state index >= 15 is 0 Å². The van der Waals surface area contributed by atoms with Crippen LogP contribution >= 0.6 is 0 Å². The average Bonchev–Trinajstić information content (AvgIpc) is 3.32. The standard InChI is InChI=1S/C21H22F2N2O2S/c1-28(27)24-13-9-10-25(12-13)21(26)17-11-16(17)14-5-2-3-6-15(14)20-18(22)7-4-8-19(20)23/h2-8,13,16-17,24H,9-12H2,1H3. The molecule has 4 atom stereocenters. The lowest BCUT2D eigenvalue weighted by Gasteiger charge is -2.17. The third-order valence-corrected chi connectivity index (χ3v) is 6.20. The maximum atomic E-state index is 14.3. The molecule has 4 unspecified atom stereocenters.